The van der Waals surface area contributed by atoms with E-state index in [9.17, 15) is 4.79 Å². The maximum Gasteiger partial charge on any atom is 0.316 e. The topological polar surface area (TPSA) is 35.5 Å². The van der Waals surface area contributed by atoms with Crippen LogP contribution >= 0.6 is 0 Å². The number of carbonyl (C=O) groups is 1. The van der Waals surface area contributed by atoms with E-state index in [-0.39, 0.29) is 12.1 Å². The molecule has 4 heteroatoms. The first-order valence-electron chi connectivity index (χ1n) is 12.9. The van der Waals surface area contributed by atoms with Crippen molar-refractivity contribution in [2.45, 2.75) is 69.3 Å². The predicted molar refractivity (Wildman–Crippen MR) is 132 cm³/mol. The van der Waals surface area contributed by atoms with E-state index < -0.39 is 5.41 Å². The summed E-state index contributed by atoms with van der Waals surface area (Å²) < 4.78 is 13.2. The van der Waals surface area contributed by atoms with Crippen molar-refractivity contribution in [3.63, 3.8) is 0 Å². The standard InChI is InChI=1S/C29H40NO3/c1-30(21-12-24-32-26-15-8-5-9-16-26)22-17-27(18-23-30)33-28(31)29(19-10-2-3-11-20-29)25-13-6-4-7-14-25/h4-9,13-16,27H,2-3,10-12,17-24H2,1H3/q+1. The van der Waals surface area contributed by atoms with Crippen molar-refractivity contribution in [2.75, 3.05) is 33.3 Å². The van der Waals surface area contributed by atoms with Crippen molar-refractivity contribution in [3.05, 3.63) is 66.2 Å². The minimum absolute atomic E-state index is 0.0213. The molecule has 1 aliphatic carbocycles. The molecule has 1 aliphatic heterocycles. The predicted octanol–water partition coefficient (Wildman–Crippen LogP) is 5.90. The number of para-hydroxylation sites is 1. The van der Waals surface area contributed by atoms with E-state index in [0.717, 1.165) is 87.0 Å². The molecular weight excluding hydrogens is 410 g/mol. The molecule has 0 aromatic heterocycles. The number of likely N-dealkylation sites (tertiary alicyclic amines) is 1. The zero-order valence-corrected chi connectivity index (χ0v) is 20.2. The number of hydrogen-bond donors (Lipinski definition) is 0. The number of carbonyl (C=O) groups excluding carboxylic acids is 1. The van der Waals surface area contributed by atoms with E-state index in [1.165, 1.54) is 12.8 Å². The van der Waals surface area contributed by atoms with Crippen LogP contribution in [0.1, 0.15) is 63.4 Å². The molecule has 1 saturated carbocycles. The molecule has 0 unspecified atom stereocenters. The van der Waals surface area contributed by atoms with Gasteiger partial charge in [0, 0.05) is 19.3 Å². The third-order valence-corrected chi connectivity index (χ3v) is 7.78. The molecule has 4 nitrogen and oxygen atoms in total. The Morgan fingerprint density at radius 1 is 0.909 bits per heavy atom. The molecule has 1 heterocycles. The van der Waals surface area contributed by atoms with E-state index >= 15 is 0 Å². The maximum atomic E-state index is 13.6. The quantitative estimate of drug-likeness (QED) is 0.217. The Bertz CT molecular complexity index is 851. The average molecular weight is 451 g/mol. The number of benzene rings is 2. The van der Waals surface area contributed by atoms with Gasteiger partial charge in [-0.05, 0) is 30.5 Å². The van der Waals surface area contributed by atoms with Crippen LogP contribution in [-0.2, 0) is 14.9 Å². The fourth-order valence-corrected chi connectivity index (χ4v) is 5.63. The van der Waals surface area contributed by atoms with Crippen LogP contribution in [0.5, 0.6) is 5.75 Å². The monoisotopic (exact) mass is 450 g/mol. The SMILES string of the molecule is C[N+]1(CCCOc2ccccc2)CCC(OC(=O)C2(c3ccccc3)CCCCCC2)CC1. The molecule has 2 aliphatic rings. The van der Waals surface area contributed by atoms with Crippen LogP contribution in [0.2, 0.25) is 0 Å². The molecule has 33 heavy (non-hydrogen) atoms. The number of nitrogens with zero attached hydrogens (tertiary/aromatic N) is 1. The molecule has 0 N–H and O–H groups in total. The van der Waals surface area contributed by atoms with Gasteiger partial charge in [-0.15, -0.1) is 0 Å². The van der Waals surface area contributed by atoms with Gasteiger partial charge in [0.1, 0.15) is 11.9 Å². The summed E-state index contributed by atoms with van der Waals surface area (Å²) in [6, 6.07) is 20.4. The number of esters is 1. The third-order valence-electron chi connectivity index (χ3n) is 7.78. The van der Waals surface area contributed by atoms with Gasteiger partial charge in [0.15, 0.2) is 0 Å². The molecule has 1 saturated heterocycles. The lowest BCUT2D eigenvalue weighted by Crippen LogP contribution is -2.53. The molecule has 2 fully saturated rings. The van der Waals surface area contributed by atoms with Gasteiger partial charge < -0.3 is 14.0 Å². The van der Waals surface area contributed by atoms with E-state index in [1.54, 1.807) is 0 Å². The van der Waals surface area contributed by atoms with Gasteiger partial charge in [0.25, 0.3) is 0 Å². The Hall–Kier alpha value is -2.33. The molecule has 0 amide bonds. The number of ether oxygens (including phenoxy) is 2. The Balaban J connectivity index is 1.28. The Labute approximate surface area is 199 Å². The van der Waals surface area contributed by atoms with Gasteiger partial charge in [-0.1, -0.05) is 74.2 Å². The van der Waals surface area contributed by atoms with Crippen LogP contribution in [0.15, 0.2) is 60.7 Å². The first kappa shape index (κ1) is 23.8. The maximum absolute atomic E-state index is 13.6. The summed E-state index contributed by atoms with van der Waals surface area (Å²) in [7, 11) is 2.33. The largest absolute Gasteiger partial charge is 0.493 e. The van der Waals surface area contributed by atoms with Crippen molar-refractivity contribution < 1.29 is 18.8 Å². The highest BCUT2D eigenvalue weighted by atomic mass is 16.5. The van der Waals surface area contributed by atoms with Crippen molar-refractivity contribution >= 4 is 5.97 Å². The summed E-state index contributed by atoms with van der Waals surface area (Å²) >= 11 is 0. The molecule has 2 aromatic carbocycles. The van der Waals surface area contributed by atoms with E-state index in [1.807, 2.05) is 36.4 Å². The lowest BCUT2D eigenvalue weighted by atomic mass is 9.74. The molecule has 0 atom stereocenters. The minimum atomic E-state index is -0.456. The molecule has 178 valence electrons. The number of piperidine rings is 1. The Morgan fingerprint density at radius 3 is 2.15 bits per heavy atom. The summed E-state index contributed by atoms with van der Waals surface area (Å²) in [6.07, 6.45) is 9.46. The zero-order chi connectivity index (χ0) is 23.0. The highest BCUT2D eigenvalue weighted by Gasteiger charge is 2.43. The summed E-state index contributed by atoms with van der Waals surface area (Å²) in [4.78, 5) is 13.6. The van der Waals surface area contributed by atoms with Crippen LogP contribution in [0.25, 0.3) is 0 Å². The van der Waals surface area contributed by atoms with Crippen molar-refractivity contribution in [1.29, 1.82) is 0 Å². The second kappa shape index (κ2) is 11.2. The van der Waals surface area contributed by atoms with Gasteiger partial charge in [0.05, 0.1) is 38.7 Å². The number of rotatable bonds is 8. The number of quaternary nitrogens is 1. The molecule has 0 bridgehead atoms. The lowest BCUT2D eigenvalue weighted by Gasteiger charge is -2.41. The average Bonchev–Trinajstić information content (AvgIpc) is 3.12. The second-order valence-electron chi connectivity index (χ2n) is 10.3. The van der Waals surface area contributed by atoms with Crippen molar-refractivity contribution in [2.24, 2.45) is 0 Å². The Morgan fingerprint density at radius 2 is 1.52 bits per heavy atom. The molecule has 4 rings (SSSR count). The highest BCUT2D eigenvalue weighted by Crippen LogP contribution is 2.40. The van der Waals surface area contributed by atoms with Gasteiger partial charge in [-0.3, -0.25) is 4.79 Å². The van der Waals surface area contributed by atoms with Crippen LogP contribution in [-0.4, -0.2) is 49.8 Å². The van der Waals surface area contributed by atoms with Gasteiger partial charge in [0.2, 0.25) is 0 Å². The van der Waals surface area contributed by atoms with Crippen LogP contribution in [0.3, 0.4) is 0 Å². The zero-order valence-electron chi connectivity index (χ0n) is 20.2. The first-order valence-corrected chi connectivity index (χ1v) is 12.9. The second-order valence-corrected chi connectivity index (χ2v) is 10.3. The Kier molecular flexibility index (Phi) is 8.08. The van der Waals surface area contributed by atoms with Crippen molar-refractivity contribution in [1.82, 2.24) is 0 Å². The third kappa shape index (κ3) is 6.17. The summed E-state index contributed by atoms with van der Waals surface area (Å²) in [5, 5.41) is 0. The van der Waals surface area contributed by atoms with Gasteiger partial charge in [-0.2, -0.15) is 0 Å². The lowest BCUT2D eigenvalue weighted by molar-refractivity contribution is -0.915. The number of hydrogen-bond acceptors (Lipinski definition) is 3. The molecule has 2 aromatic rings. The van der Waals surface area contributed by atoms with Gasteiger partial charge in [-0.25, -0.2) is 0 Å². The van der Waals surface area contributed by atoms with Gasteiger partial charge >= 0.3 is 5.97 Å². The van der Waals surface area contributed by atoms with Crippen LogP contribution in [0.4, 0.5) is 0 Å². The van der Waals surface area contributed by atoms with E-state index in [2.05, 4.69) is 31.3 Å². The summed E-state index contributed by atoms with van der Waals surface area (Å²) in [6.45, 7) is 3.96. The summed E-state index contributed by atoms with van der Waals surface area (Å²) in [5.41, 5.74) is 0.689. The van der Waals surface area contributed by atoms with Crippen LogP contribution in [0, 0.1) is 0 Å². The highest BCUT2D eigenvalue weighted by molar-refractivity contribution is 5.83. The fourth-order valence-electron chi connectivity index (χ4n) is 5.63. The summed E-state index contributed by atoms with van der Waals surface area (Å²) in [5.74, 6) is 0.963. The first-order chi connectivity index (χ1) is 16.1. The normalized spacial score (nSPS) is 25.1. The van der Waals surface area contributed by atoms with Crippen LogP contribution < -0.4 is 4.74 Å². The molecular formula is C29H40NO3+. The fraction of sp³-hybridized carbons (Fsp3) is 0.552. The smallest absolute Gasteiger partial charge is 0.316 e. The van der Waals surface area contributed by atoms with Crippen molar-refractivity contribution in [3.8, 4) is 5.75 Å². The van der Waals surface area contributed by atoms with E-state index in [0.29, 0.717) is 0 Å². The molecule has 0 radical (unpaired) electrons. The molecule has 0 spiro atoms. The minimum Gasteiger partial charge on any atom is -0.493 e. The van der Waals surface area contributed by atoms with E-state index in [4.69, 9.17) is 9.47 Å².